The van der Waals surface area contributed by atoms with Crippen molar-refractivity contribution in [1.82, 2.24) is 4.90 Å². The van der Waals surface area contributed by atoms with E-state index in [9.17, 15) is 0 Å². The second-order valence-corrected chi connectivity index (χ2v) is 5.24. The fourth-order valence-electron chi connectivity index (χ4n) is 2.24. The smallest absolute Gasteiger partial charge is 0.0635 e. The van der Waals surface area contributed by atoms with Crippen molar-refractivity contribution in [2.45, 2.75) is 52.5 Å². The summed E-state index contributed by atoms with van der Waals surface area (Å²) in [6.45, 7) is 9.57. The molecule has 0 aliphatic heterocycles. The molecule has 2 nitrogen and oxygen atoms in total. The molecule has 1 atom stereocenters. The van der Waals surface area contributed by atoms with Gasteiger partial charge in [0.1, 0.15) is 0 Å². The van der Waals surface area contributed by atoms with E-state index in [0.717, 1.165) is 26.1 Å². The zero-order chi connectivity index (χ0) is 14.1. The van der Waals surface area contributed by atoms with Crippen LogP contribution in [-0.4, -0.2) is 18.0 Å². The van der Waals surface area contributed by atoms with Gasteiger partial charge in [0.2, 0.25) is 0 Å². The van der Waals surface area contributed by atoms with Crippen molar-refractivity contribution in [3.05, 3.63) is 35.4 Å². The summed E-state index contributed by atoms with van der Waals surface area (Å²) in [6, 6.07) is 11.2. The number of nitriles is 1. The Morgan fingerprint density at radius 2 is 1.84 bits per heavy atom. The zero-order valence-corrected chi connectivity index (χ0v) is 12.5. The molecule has 0 bridgehead atoms. The van der Waals surface area contributed by atoms with Gasteiger partial charge >= 0.3 is 0 Å². The van der Waals surface area contributed by atoms with Gasteiger partial charge in [0.15, 0.2) is 0 Å². The van der Waals surface area contributed by atoms with Crippen molar-refractivity contribution in [2.75, 3.05) is 13.1 Å². The van der Waals surface area contributed by atoms with Crippen LogP contribution in [0, 0.1) is 11.3 Å². The standard InChI is InChI=1S/C17H26N2/c1-4-12-19(13-6-11-18)14-16-7-9-17(10-8-16)15(3)5-2/h7-10,15H,4-6,12-14H2,1-3H3. The van der Waals surface area contributed by atoms with Crippen LogP contribution in [0.15, 0.2) is 24.3 Å². The van der Waals surface area contributed by atoms with Crippen LogP contribution in [-0.2, 0) is 6.54 Å². The van der Waals surface area contributed by atoms with Crippen LogP contribution < -0.4 is 0 Å². The first kappa shape index (κ1) is 15.7. The first-order valence-electron chi connectivity index (χ1n) is 7.39. The second-order valence-electron chi connectivity index (χ2n) is 5.24. The van der Waals surface area contributed by atoms with Crippen LogP contribution in [0.3, 0.4) is 0 Å². The first-order chi connectivity index (χ1) is 9.21. The number of nitrogens with zero attached hydrogens (tertiary/aromatic N) is 2. The summed E-state index contributed by atoms with van der Waals surface area (Å²) >= 11 is 0. The SMILES string of the molecule is CCCN(CCC#N)Cc1ccc(C(C)CC)cc1. The molecule has 0 N–H and O–H groups in total. The molecule has 19 heavy (non-hydrogen) atoms. The van der Waals surface area contributed by atoms with Gasteiger partial charge in [0, 0.05) is 19.5 Å². The molecule has 0 aliphatic carbocycles. The van der Waals surface area contributed by atoms with Crippen LogP contribution >= 0.6 is 0 Å². The Bertz CT molecular complexity index is 389. The number of hydrogen-bond donors (Lipinski definition) is 0. The minimum absolute atomic E-state index is 0.616. The normalized spacial score (nSPS) is 12.4. The summed E-state index contributed by atoms with van der Waals surface area (Å²) < 4.78 is 0. The van der Waals surface area contributed by atoms with Crippen molar-refractivity contribution in [1.29, 1.82) is 5.26 Å². The second kappa shape index (κ2) is 8.72. The molecule has 0 aromatic heterocycles. The fraction of sp³-hybridized carbons (Fsp3) is 0.588. The van der Waals surface area contributed by atoms with Crippen molar-refractivity contribution in [3.63, 3.8) is 0 Å². The highest BCUT2D eigenvalue weighted by atomic mass is 15.1. The molecule has 1 rings (SSSR count). The van der Waals surface area contributed by atoms with Gasteiger partial charge in [-0.05, 0) is 36.4 Å². The molecule has 0 saturated heterocycles. The molecule has 0 fully saturated rings. The van der Waals surface area contributed by atoms with E-state index in [1.54, 1.807) is 0 Å². The van der Waals surface area contributed by atoms with Gasteiger partial charge in [0.25, 0.3) is 0 Å². The Kier molecular flexibility index (Phi) is 7.22. The Balaban J connectivity index is 2.61. The van der Waals surface area contributed by atoms with Crippen LogP contribution in [0.2, 0.25) is 0 Å². The molecule has 0 saturated carbocycles. The van der Waals surface area contributed by atoms with Gasteiger partial charge in [-0.15, -0.1) is 0 Å². The number of benzene rings is 1. The summed E-state index contributed by atoms with van der Waals surface area (Å²) in [4.78, 5) is 2.36. The summed E-state index contributed by atoms with van der Waals surface area (Å²) in [5.74, 6) is 0.638. The molecule has 1 aromatic rings. The van der Waals surface area contributed by atoms with Crippen molar-refractivity contribution in [3.8, 4) is 6.07 Å². The van der Waals surface area contributed by atoms with Gasteiger partial charge in [0.05, 0.1) is 6.07 Å². The van der Waals surface area contributed by atoms with Crippen LogP contribution in [0.5, 0.6) is 0 Å². The summed E-state index contributed by atoms with van der Waals surface area (Å²) in [7, 11) is 0. The summed E-state index contributed by atoms with van der Waals surface area (Å²) in [6.07, 6.45) is 2.94. The van der Waals surface area contributed by atoms with Gasteiger partial charge in [-0.3, -0.25) is 4.90 Å². The van der Waals surface area contributed by atoms with E-state index in [0.29, 0.717) is 12.3 Å². The molecular formula is C17H26N2. The van der Waals surface area contributed by atoms with E-state index >= 15 is 0 Å². The molecule has 1 aromatic carbocycles. The fourth-order valence-corrected chi connectivity index (χ4v) is 2.24. The third-order valence-corrected chi connectivity index (χ3v) is 3.65. The van der Waals surface area contributed by atoms with E-state index in [1.165, 1.54) is 17.5 Å². The molecule has 0 radical (unpaired) electrons. The van der Waals surface area contributed by atoms with E-state index in [1.807, 2.05) is 0 Å². The minimum atomic E-state index is 0.616. The number of rotatable bonds is 8. The van der Waals surface area contributed by atoms with Crippen molar-refractivity contribution < 1.29 is 0 Å². The molecule has 2 heteroatoms. The topological polar surface area (TPSA) is 27.0 Å². The molecule has 0 aliphatic rings. The summed E-state index contributed by atoms with van der Waals surface area (Å²) in [5.41, 5.74) is 2.77. The van der Waals surface area contributed by atoms with E-state index in [-0.39, 0.29) is 0 Å². The zero-order valence-electron chi connectivity index (χ0n) is 12.5. The van der Waals surface area contributed by atoms with Crippen LogP contribution in [0.25, 0.3) is 0 Å². The van der Waals surface area contributed by atoms with Crippen molar-refractivity contribution in [2.24, 2.45) is 0 Å². The third-order valence-electron chi connectivity index (χ3n) is 3.65. The Hall–Kier alpha value is -1.33. The molecule has 1 unspecified atom stereocenters. The maximum Gasteiger partial charge on any atom is 0.0635 e. The molecule has 0 amide bonds. The first-order valence-corrected chi connectivity index (χ1v) is 7.39. The van der Waals surface area contributed by atoms with E-state index in [4.69, 9.17) is 5.26 Å². The van der Waals surface area contributed by atoms with Gasteiger partial charge in [-0.2, -0.15) is 5.26 Å². The molecular weight excluding hydrogens is 232 g/mol. The average Bonchev–Trinajstić information content (AvgIpc) is 2.45. The maximum absolute atomic E-state index is 8.70. The largest absolute Gasteiger partial charge is 0.298 e. The lowest BCUT2D eigenvalue weighted by molar-refractivity contribution is 0.272. The van der Waals surface area contributed by atoms with Gasteiger partial charge in [-0.1, -0.05) is 45.0 Å². The monoisotopic (exact) mass is 258 g/mol. The highest BCUT2D eigenvalue weighted by molar-refractivity contribution is 5.25. The van der Waals surface area contributed by atoms with Crippen LogP contribution in [0.1, 0.15) is 57.1 Å². The molecule has 0 spiro atoms. The average molecular weight is 258 g/mol. The van der Waals surface area contributed by atoms with Crippen LogP contribution in [0.4, 0.5) is 0 Å². The molecule has 104 valence electrons. The third kappa shape index (κ3) is 5.44. The van der Waals surface area contributed by atoms with Crippen molar-refractivity contribution >= 4 is 0 Å². The van der Waals surface area contributed by atoms with E-state index in [2.05, 4.69) is 56.0 Å². The lowest BCUT2D eigenvalue weighted by Gasteiger charge is -2.20. The Morgan fingerprint density at radius 1 is 1.16 bits per heavy atom. The predicted molar refractivity (Wildman–Crippen MR) is 80.9 cm³/mol. The van der Waals surface area contributed by atoms with Gasteiger partial charge < -0.3 is 0 Å². The number of hydrogen-bond acceptors (Lipinski definition) is 2. The Morgan fingerprint density at radius 3 is 2.37 bits per heavy atom. The Labute approximate surface area is 118 Å². The highest BCUT2D eigenvalue weighted by Crippen LogP contribution is 2.19. The quantitative estimate of drug-likeness (QED) is 0.694. The van der Waals surface area contributed by atoms with E-state index < -0.39 is 0 Å². The summed E-state index contributed by atoms with van der Waals surface area (Å²) in [5, 5.41) is 8.70. The minimum Gasteiger partial charge on any atom is -0.298 e. The molecule has 0 heterocycles. The lowest BCUT2D eigenvalue weighted by atomic mass is 9.97. The maximum atomic E-state index is 8.70. The lowest BCUT2D eigenvalue weighted by Crippen LogP contribution is -2.25. The van der Waals surface area contributed by atoms with Gasteiger partial charge in [-0.25, -0.2) is 0 Å². The highest BCUT2D eigenvalue weighted by Gasteiger charge is 2.06. The predicted octanol–water partition coefficient (Wildman–Crippen LogP) is 4.33.